The van der Waals surface area contributed by atoms with Crippen LogP contribution >= 0.6 is 0 Å². The Morgan fingerprint density at radius 3 is 2.35 bits per heavy atom. The van der Waals surface area contributed by atoms with Crippen molar-refractivity contribution in [2.75, 3.05) is 19.6 Å². The Morgan fingerprint density at radius 2 is 1.90 bits per heavy atom. The molecule has 0 spiro atoms. The first-order valence-corrected chi connectivity index (χ1v) is 7.32. The van der Waals surface area contributed by atoms with Crippen molar-refractivity contribution in [1.82, 2.24) is 10.2 Å². The van der Waals surface area contributed by atoms with Gasteiger partial charge in [-0.1, -0.05) is 36.8 Å². The highest BCUT2D eigenvalue weighted by Gasteiger charge is 2.24. The minimum Gasteiger partial charge on any atom is -0.355 e. The minimum atomic E-state index is -0.0351. The van der Waals surface area contributed by atoms with Gasteiger partial charge >= 0.3 is 0 Å². The molecule has 0 fully saturated rings. The monoisotopic (exact) mass is 277 g/mol. The number of nitrogens with two attached hydrogens (primary N) is 1. The van der Waals surface area contributed by atoms with Crippen LogP contribution in [0.3, 0.4) is 0 Å². The third kappa shape index (κ3) is 4.62. The van der Waals surface area contributed by atoms with Crippen LogP contribution in [0.25, 0.3) is 0 Å². The summed E-state index contributed by atoms with van der Waals surface area (Å²) < 4.78 is 0. The van der Waals surface area contributed by atoms with Gasteiger partial charge in [-0.25, -0.2) is 0 Å². The Kier molecular flexibility index (Phi) is 6.68. The van der Waals surface area contributed by atoms with Crippen molar-refractivity contribution in [2.45, 2.75) is 39.8 Å². The SMILES string of the molecule is CCNC(=O)CN(CC)C(c1ccc(C)cc1)C(C)N. The standard InChI is InChI=1S/C16H27N3O/c1-5-18-15(20)11-19(6-2)16(13(4)17)14-9-7-12(3)8-10-14/h7-10,13,16H,5-6,11,17H2,1-4H3,(H,18,20). The van der Waals surface area contributed by atoms with Gasteiger partial charge in [0.05, 0.1) is 12.6 Å². The Bertz CT molecular complexity index is 414. The van der Waals surface area contributed by atoms with Gasteiger partial charge in [0.1, 0.15) is 0 Å². The second-order valence-electron chi connectivity index (χ2n) is 5.23. The van der Waals surface area contributed by atoms with Crippen molar-refractivity contribution in [3.63, 3.8) is 0 Å². The molecule has 0 aromatic heterocycles. The van der Waals surface area contributed by atoms with E-state index in [4.69, 9.17) is 5.73 Å². The lowest BCUT2D eigenvalue weighted by molar-refractivity contribution is -0.122. The third-order valence-corrected chi connectivity index (χ3v) is 3.44. The highest BCUT2D eigenvalue weighted by molar-refractivity contribution is 5.78. The molecule has 4 nitrogen and oxygen atoms in total. The van der Waals surface area contributed by atoms with Crippen molar-refractivity contribution in [3.8, 4) is 0 Å². The van der Waals surface area contributed by atoms with E-state index in [1.165, 1.54) is 5.56 Å². The molecular weight excluding hydrogens is 250 g/mol. The number of amides is 1. The number of nitrogens with zero attached hydrogens (tertiary/aromatic N) is 1. The molecule has 0 aliphatic carbocycles. The lowest BCUT2D eigenvalue weighted by Gasteiger charge is -2.33. The van der Waals surface area contributed by atoms with Crippen LogP contribution in [0, 0.1) is 6.92 Å². The first-order valence-electron chi connectivity index (χ1n) is 7.32. The lowest BCUT2D eigenvalue weighted by atomic mass is 9.98. The smallest absolute Gasteiger partial charge is 0.234 e. The summed E-state index contributed by atoms with van der Waals surface area (Å²) in [6, 6.07) is 8.40. The molecule has 0 bridgehead atoms. The molecule has 20 heavy (non-hydrogen) atoms. The first-order chi connectivity index (χ1) is 9.49. The summed E-state index contributed by atoms with van der Waals surface area (Å²) in [6.07, 6.45) is 0. The zero-order chi connectivity index (χ0) is 15.1. The Balaban J connectivity index is 2.92. The number of rotatable bonds is 7. The predicted octanol–water partition coefficient (Wildman–Crippen LogP) is 1.84. The number of hydrogen-bond donors (Lipinski definition) is 2. The molecule has 4 heteroatoms. The Morgan fingerprint density at radius 1 is 1.30 bits per heavy atom. The van der Waals surface area contributed by atoms with Crippen LogP contribution in [-0.2, 0) is 4.79 Å². The molecule has 1 aromatic rings. The van der Waals surface area contributed by atoms with Crippen LogP contribution in [0.2, 0.25) is 0 Å². The van der Waals surface area contributed by atoms with E-state index in [0.29, 0.717) is 13.1 Å². The summed E-state index contributed by atoms with van der Waals surface area (Å²) in [6.45, 7) is 9.87. The van der Waals surface area contributed by atoms with E-state index in [1.54, 1.807) is 0 Å². The van der Waals surface area contributed by atoms with Gasteiger partial charge in [0.25, 0.3) is 0 Å². The van der Waals surface area contributed by atoms with Crippen molar-refractivity contribution < 1.29 is 4.79 Å². The van der Waals surface area contributed by atoms with E-state index in [1.807, 2.05) is 13.8 Å². The van der Waals surface area contributed by atoms with Crippen LogP contribution in [0.15, 0.2) is 24.3 Å². The number of nitrogens with one attached hydrogen (secondary N) is 1. The molecule has 2 unspecified atom stereocenters. The second-order valence-corrected chi connectivity index (χ2v) is 5.23. The van der Waals surface area contributed by atoms with E-state index in [9.17, 15) is 4.79 Å². The van der Waals surface area contributed by atoms with Crippen LogP contribution in [0.1, 0.15) is 37.9 Å². The first kappa shape index (κ1) is 16.7. The molecule has 2 atom stereocenters. The number of benzene rings is 1. The van der Waals surface area contributed by atoms with E-state index in [2.05, 4.69) is 48.3 Å². The van der Waals surface area contributed by atoms with Crippen molar-refractivity contribution in [1.29, 1.82) is 0 Å². The highest BCUT2D eigenvalue weighted by atomic mass is 16.2. The molecular formula is C16H27N3O. The Labute approximate surface area is 122 Å². The molecule has 0 aliphatic heterocycles. The maximum absolute atomic E-state index is 11.8. The van der Waals surface area contributed by atoms with Crippen LogP contribution in [-0.4, -0.2) is 36.5 Å². The molecule has 0 heterocycles. The number of carbonyl (C=O) groups is 1. The average Bonchev–Trinajstić information content (AvgIpc) is 2.40. The Hall–Kier alpha value is -1.39. The fourth-order valence-electron chi connectivity index (χ4n) is 2.45. The third-order valence-electron chi connectivity index (χ3n) is 3.44. The van der Waals surface area contributed by atoms with E-state index in [-0.39, 0.29) is 18.0 Å². The van der Waals surface area contributed by atoms with Crippen LogP contribution in [0.5, 0.6) is 0 Å². The summed E-state index contributed by atoms with van der Waals surface area (Å²) in [4.78, 5) is 14.0. The van der Waals surface area contributed by atoms with Gasteiger partial charge in [0, 0.05) is 12.6 Å². The summed E-state index contributed by atoms with van der Waals surface area (Å²) in [7, 11) is 0. The number of carbonyl (C=O) groups excluding carboxylic acids is 1. The maximum atomic E-state index is 11.8. The highest BCUT2D eigenvalue weighted by Crippen LogP contribution is 2.23. The molecule has 0 aliphatic rings. The van der Waals surface area contributed by atoms with Crippen LogP contribution in [0.4, 0.5) is 0 Å². The molecule has 112 valence electrons. The zero-order valence-corrected chi connectivity index (χ0v) is 13.0. The molecule has 1 aromatic carbocycles. The normalized spacial score (nSPS) is 14.1. The van der Waals surface area contributed by atoms with Gasteiger partial charge < -0.3 is 11.1 Å². The van der Waals surface area contributed by atoms with Crippen LogP contribution < -0.4 is 11.1 Å². The van der Waals surface area contributed by atoms with Crippen molar-refractivity contribution in [3.05, 3.63) is 35.4 Å². The lowest BCUT2D eigenvalue weighted by Crippen LogP contribution is -2.44. The van der Waals surface area contributed by atoms with E-state index < -0.39 is 0 Å². The second kappa shape index (κ2) is 8.02. The number of aryl methyl sites for hydroxylation is 1. The predicted molar refractivity (Wildman–Crippen MR) is 83.5 cm³/mol. The molecule has 0 radical (unpaired) electrons. The largest absolute Gasteiger partial charge is 0.355 e. The molecule has 0 saturated heterocycles. The molecule has 0 saturated carbocycles. The van der Waals surface area contributed by atoms with Gasteiger partial charge in [0.2, 0.25) is 5.91 Å². The molecule has 1 rings (SSSR count). The topological polar surface area (TPSA) is 58.4 Å². The zero-order valence-electron chi connectivity index (χ0n) is 13.0. The minimum absolute atomic E-state index is 0.0351. The van der Waals surface area contributed by atoms with Gasteiger partial charge in [-0.15, -0.1) is 0 Å². The molecule has 1 amide bonds. The summed E-state index contributed by atoms with van der Waals surface area (Å²) in [5.74, 6) is 0.0483. The average molecular weight is 277 g/mol. The van der Waals surface area contributed by atoms with Gasteiger partial charge in [-0.3, -0.25) is 9.69 Å². The quantitative estimate of drug-likeness (QED) is 0.799. The maximum Gasteiger partial charge on any atom is 0.234 e. The van der Waals surface area contributed by atoms with Gasteiger partial charge in [0.15, 0.2) is 0 Å². The van der Waals surface area contributed by atoms with E-state index >= 15 is 0 Å². The fourth-order valence-corrected chi connectivity index (χ4v) is 2.45. The molecule has 3 N–H and O–H groups in total. The summed E-state index contributed by atoms with van der Waals surface area (Å²) in [5, 5.41) is 2.84. The fraction of sp³-hybridized carbons (Fsp3) is 0.562. The van der Waals surface area contributed by atoms with Crippen molar-refractivity contribution in [2.24, 2.45) is 5.73 Å². The summed E-state index contributed by atoms with van der Waals surface area (Å²) >= 11 is 0. The number of likely N-dealkylation sites (N-methyl/N-ethyl adjacent to an activating group) is 2. The van der Waals surface area contributed by atoms with E-state index in [0.717, 1.165) is 12.1 Å². The van der Waals surface area contributed by atoms with Gasteiger partial charge in [-0.05, 0) is 32.9 Å². The van der Waals surface area contributed by atoms with Crippen molar-refractivity contribution >= 4 is 5.91 Å². The van der Waals surface area contributed by atoms with Gasteiger partial charge in [-0.2, -0.15) is 0 Å². The number of hydrogen-bond acceptors (Lipinski definition) is 3. The summed E-state index contributed by atoms with van der Waals surface area (Å²) in [5.41, 5.74) is 8.55.